The van der Waals surface area contributed by atoms with Crippen molar-refractivity contribution in [3.63, 3.8) is 0 Å². The van der Waals surface area contributed by atoms with Crippen LogP contribution in [-0.4, -0.2) is 46.0 Å². The van der Waals surface area contributed by atoms with E-state index >= 15 is 0 Å². The van der Waals surface area contributed by atoms with Crippen LogP contribution in [-0.2, 0) is 11.4 Å². The molecule has 1 aromatic carbocycles. The number of amides is 2. The van der Waals surface area contributed by atoms with Gasteiger partial charge in [-0.3, -0.25) is 14.7 Å². The van der Waals surface area contributed by atoms with Crippen molar-refractivity contribution in [3.8, 4) is 5.75 Å². The Balaban J connectivity index is 1.57. The van der Waals surface area contributed by atoms with Crippen molar-refractivity contribution in [1.82, 2.24) is 20.4 Å². The Bertz CT molecular complexity index is 777. The van der Waals surface area contributed by atoms with Crippen LogP contribution in [0.15, 0.2) is 30.3 Å². The monoisotopic (exact) mass is 346 g/mol. The minimum absolute atomic E-state index is 0.0238. The highest BCUT2D eigenvalue weighted by Crippen LogP contribution is 2.17. The molecule has 1 atom stereocenters. The summed E-state index contributed by atoms with van der Waals surface area (Å²) < 4.78 is 18.9. The van der Waals surface area contributed by atoms with Crippen molar-refractivity contribution < 1.29 is 18.7 Å². The van der Waals surface area contributed by atoms with E-state index < -0.39 is 5.82 Å². The molecule has 2 heterocycles. The topological polar surface area (TPSA) is 87.3 Å². The van der Waals surface area contributed by atoms with Gasteiger partial charge in [0.2, 0.25) is 5.91 Å². The molecule has 1 aromatic heterocycles. The molecule has 1 fully saturated rings. The smallest absolute Gasteiger partial charge is 0.274 e. The Labute approximate surface area is 144 Å². The normalized spacial score (nSPS) is 16.7. The number of aromatic amines is 1. The number of hydrogen-bond acceptors (Lipinski definition) is 4. The second kappa shape index (κ2) is 7.33. The van der Waals surface area contributed by atoms with Crippen molar-refractivity contribution in [2.24, 2.45) is 0 Å². The van der Waals surface area contributed by atoms with Gasteiger partial charge >= 0.3 is 0 Å². The molecular weight excluding hydrogens is 327 g/mol. The molecule has 0 bridgehead atoms. The first kappa shape index (κ1) is 16.9. The second-order valence-corrected chi connectivity index (χ2v) is 5.93. The summed E-state index contributed by atoms with van der Waals surface area (Å²) in [5, 5.41) is 9.54. The zero-order valence-corrected chi connectivity index (χ0v) is 13.8. The minimum atomic E-state index is -0.445. The Morgan fingerprint density at radius 1 is 1.44 bits per heavy atom. The number of rotatable bonds is 5. The van der Waals surface area contributed by atoms with Crippen molar-refractivity contribution >= 4 is 11.8 Å². The van der Waals surface area contributed by atoms with Gasteiger partial charge in [-0.1, -0.05) is 12.1 Å². The third-order valence-electron chi connectivity index (χ3n) is 3.95. The summed E-state index contributed by atoms with van der Waals surface area (Å²) in [5.74, 6) is -0.616. The van der Waals surface area contributed by atoms with Crippen LogP contribution in [0.5, 0.6) is 5.75 Å². The predicted molar refractivity (Wildman–Crippen MR) is 87.4 cm³/mol. The maximum Gasteiger partial charge on any atom is 0.274 e. The number of nitrogens with zero attached hydrogens (tertiary/aromatic N) is 2. The standard InChI is InChI=1S/C17H19FN4O3/c1-11(23)19-12-6-7-22(9-12)17(24)15-8-13(20-21-15)10-25-16-5-3-2-4-14(16)18/h2-5,8,12H,6-7,9-10H2,1H3,(H,19,23)(H,20,21). The molecule has 0 aliphatic carbocycles. The van der Waals surface area contributed by atoms with Gasteiger partial charge in [0.15, 0.2) is 17.3 Å². The summed E-state index contributed by atoms with van der Waals surface area (Å²) in [4.78, 5) is 25.2. The van der Waals surface area contributed by atoms with Crippen molar-refractivity contribution in [3.05, 3.63) is 47.5 Å². The molecular formula is C17H19FN4O3. The van der Waals surface area contributed by atoms with E-state index in [1.54, 1.807) is 23.1 Å². The SMILES string of the molecule is CC(=O)NC1CCN(C(=O)c2cc(COc3ccccc3F)[nH]n2)C1. The molecule has 0 saturated carbocycles. The number of hydrogen-bond donors (Lipinski definition) is 2. The zero-order chi connectivity index (χ0) is 17.8. The highest BCUT2D eigenvalue weighted by Gasteiger charge is 2.28. The molecule has 1 unspecified atom stereocenters. The largest absolute Gasteiger partial charge is 0.484 e. The first-order valence-electron chi connectivity index (χ1n) is 8.01. The molecule has 0 radical (unpaired) electrons. The summed E-state index contributed by atoms with van der Waals surface area (Å²) in [6.07, 6.45) is 0.721. The van der Waals surface area contributed by atoms with Gasteiger partial charge in [-0.15, -0.1) is 0 Å². The van der Waals surface area contributed by atoms with Crippen LogP contribution in [0.25, 0.3) is 0 Å². The molecule has 1 aliphatic heterocycles. The van der Waals surface area contributed by atoms with Gasteiger partial charge in [-0.05, 0) is 24.6 Å². The van der Waals surface area contributed by atoms with Crippen molar-refractivity contribution in [2.45, 2.75) is 26.0 Å². The number of H-pyrrole nitrogens is 1. The fourth-order valence-corrected chi connectivity index (χ4v) is 2.77. The predicted octanol–water partition coefficient (Wildman–Crippen LogP) is 1.48. The zero-order valence-electron chi connectivity index (χ0n) is 13.8. The fraction of sp³-hybridized carbons (Fsp3) is 0.353. The van der Waals surface area contributed by atoms with Crippen molar-refractivity contribution in [1.29, 1.82) is 0 Å². The summed E-state index contributed by atoms with van der Waals surface area (Å²) in [7, 11) is 0. The molecule has 7 nitrogen and oxygen atoms in total. The average molecular weight is 346 g/mol. The molecule has 0 spiro atoms. The number of benzene rings is 1. The van der Waals surface area contributed by atoms with Gasteiger partial charge in [0.25, 0.3) is 5.91 Å². The third kappa shape index (κ3) is 4.14. The number of aromatic nitrogens is 2. The van der Waals surface area contributed by atoms with E-state index in [0.29, 0.717) is 18.8 Å². The summed E-state index contributed by atoms with van der Waals surface area (Å²) >= 11 is 0. The first-order valence-corrected chi connectivity index (χ1v) is 8.01. The lowest BCUT2D eigenvalue weighted by Gasteiger charge is -2.15. The van der Waals surface area contributed by atoms with E-state index in [0.717, 1.165) is 6.42 Å². The van der Waals surface area contributed by atoms with Crippen molar-refractivity contribution in [2.75, 3.05) is 13.1 Å². The number of nitrogens with one attached hydrogen (secondary N) is 2. The minimum Gasteiger partial charge on any atom is -0.484 e. The second-order valence-electron chi connectivity index (χ2n) is 5.93. The molecule has 2 N–H and O–H groups in total. The van der Waals surface area contributed by atoms with Gasteiger partial charge < -0.3 is 15.0 Å². The van der Waals surface area contributed by atoms with Gasteiger partial charge in [0, 0.05) is 26.1 Å². The first-order chi connectivity index (χ1) is 12.0. The molecule has 1 aliphatic rings. The summed E-state index contributed by atoms with van der Waals surface area (Å²) in [5.41, 5.74) is 0.847. The van der Waals surface area contributed by atoms with Crippen LogP contribution in [0.2, 0.25) is 0 Å². The molecule has 2 aromatic rings. The van der Waals surface area contributed by atoms with Gasteiger partial charge in [-0.25, -0.2) is 4.39 Å². The maximum absolute atomic E-state index is 13.5. The van der Waals surface area contributed by atoms with Gasteiger partial charge in [0.1, 0.15) is 6.61 Å². The van der Waals surface area contributed by atoms with E-state index in [1.165, 1.54) is 19.1 Å². The highest BCUT2D eigenvalue weighted by molar-refractivity contribution is 5.92. The number of carbonyl (C=O) groups is 2. The van der Waals surface area contributed by atoms with Crippen LogP contribution in [0.1, 0.15) is 29.5 Å². The highest BCUT2D eigenvalue weighted by atomic mass is 19.1. The Morgan fingerprint density at radius 3 is 3.00 bits per heavy atom. The molecule has 8 heteroatoms. The van der Waals surface area contributed by atoms with E-state index in [4.69, 9.17) is 4.74 Å². The quantitative estimate of drug-likeness (QED) is 0.858. The Morgan fingerprint density at radius 2 is 2.24 bits per heavy atom. The third-order valence-corrected chi connectivity index (χ3v) is 3.95. The summed E-state index contributed by atoms with van der Waals surface area (Å²) in [6, 6.07) is 7.68. The maximum atomic E-state index is 13.5. The Kier molecular flexibility index (Phi) is 4.97. The molecule has 1 saturated heterocycles. The van der Waals surface area contributed by atoms with Gasteiger partial charge in [-0.2, -0.15) is 5.10 Å². The van der Waals surface area contributed by atoms with Crippen LogP contribution < -0.4 is 10.1 Å². The molecule has 2 amide bonds. The van der Waals surface area contributed by atoms with E-state index in [2.05, 4.69) is 15.5 Å². The lowest BCUT2D eigenvalue weighted by Crippen LogP contribution is -2.37. The molecule has 3 rings (SSSR count). The number of para-hydroxylation sites is 1. The number of likely N-dealkylation sites (tertiary alicyclic amines) is 1. The van der Waals surface area contributed by atoms with E-state index in [9.17, 15) is 14.0 Å². The average Bonchev–Trinajstić information content (AvgIpc) is 3.22. The lowest BCUT2D eigenvalue weighted by atomic mass is 10.2. The Hall–Kier alpha value is -2.90. The van der Waals surface area contributed by atoms with E-state index in [1.807, 2.05) is 0 Å². The van der Waals surface area contributed by atoms with Crippen LogP contribution >= 0.6 is 0 Å². The van der Waals surface area contributed by atoms with Gasteiger partial charge in [0.05, 0.1) is 5.69 Å². The van der Waals surface area contributed by atoms with E-state index in [-0.39, 0.29) is 35.9 Å². The van der Waals surface area contributed by atoms with Crippen LogP contribution in [0, 0.1) is 5.82 Å². The molecule has 132 valence electrons. The van der Waals surface area contributed by atoms with Crippen LogP contribution in [0.4, 0.5) is 4.39 Å². The fourth-order valence-electron chi connectivity index (χ4n) is 2.77. The summed E-state index contributed by atoms with van der Waals surface area (Å²) in [6.45, 7) is 2.57. The lowest BCUT2D eigenvalue weighted by molar-refractivity contribution is -0.119. The number of halogens is 1. The number of carbonyl (C=O) groups excluding carboxylic acids is 2. The van der Waals surface area contributed by atoms with Crippen LogP contribution in [0.3, 0.4) is 0 Å². The molecule has 25 heavy (non-hydrogen) atoms. The number of ether oxygens (including phenoxy) is 1.